The fourth-order valence-corrected chi connectivity index (χ4v) is 2.90. The summed E-state index contributed by atoms with van der Waals surface area (Å²) in [5.41, 5.74) is -0.0782. The molecular weight excluding hydrogens is 401 g/mol. The molecule has 152 valence electrons. The number of benzene rings is 2. The first-order chi connectivity index (χ1) is 13.5. The molecule has 0 spiro atoms. The normalized spacial score (nSPS) is 12.0. The molecule has 0 saturated carbocycles. The van der Waals surface area contributed by atoms with Crippen molar-refractivity contribution in [2.45, 2.75) is 32.5 Å². The van der Waals surface area contributed by atoms with E-state index in [9.17, 15) is 13.2 Å². The van der Waals surface area contributed by atoms with Crippen molar-refractivity contribution < 1.29 is 13.2 Å². The van der Waals surface area contributed by atoms with Gasteiger partial charge in [-0.15, -0.1) is 0 Å². The zero-order chi connectivity index (χ0) is 21.2. The van der Waals surface area contributed by atoms with Crippen LogP contribution >= 0.6 is 11.6 Å². The molecule has 0 aliphatic rings. The van der Waals surface area contributed by atoms with E-state index in [0.717, 1.165) is 11.6 Å². The number of anilines is 3. The van der Waals surface area contributed by atoms with Crippen LogP contribution in [0.3, 0.4) is 0 Å². The van der Waals surface area contributed by atoms with Crippen LogP contribution in [-0.2, 0) is 6.18 Å². The van der Waals surface area contributed by atoms with Gasteiger partial charge in [-0.25, -0.2) is 4.98 Å². The number of nitrogens with one attached hydrogen (secondary N) is 2. The number of para-hydroxylation sites is 1. The van der Waals surface area contributed by atoms with Gasteiger partial charge in [-0.05, 0) is 32.9 Å². The summed E-state index contributed by atoms with van der Waals surface area (Å²) in [5, 5.41) is 5.85. The summed E-state index contributed by atoms with van der Waals surface area (Å²) in [6.45, 7) is 5.82. The van der Waals surface area contributed by atoms with Gasteiger partial charge in [0.2, 0.25) is 5.95 Å². The maximum absolute atomic E-state index is 13.4. The van der Waals surface area contributed by atoms with Gasteiger partial charge >= 0.3 is 6.18 Å². The van der Waals surface area contributed by atoms with Crippen LogP contribution < -0.4 is 10.6 Å². The van der Waals surface area contributed by atoms with E-state index in [-0.39, 0.29) is 22.1 Å². The molecule has 0 fully saturated rings. The van der Waals surface area contributed by atoms with Crippen LogP contribution in [-0.4, -0.2) is 15.5 Å². The lowest BCUT2D eigenvalue weighted by Crippen LogP contribution is -2.27. The van der Waals surface area contributed by atoms with Crippen molar-refractivity contribution in [1.29, 1.82) is 0 Å². The topological polar surface area (TPSA) is 49.8 Å². The summed E-state index contributed by atoms with van der Waals surface area (Å²) in [4.78, 5) is 8.85. The van der Waals surface area contributed by atoms with Crippen LogP contribution in [0.4, 0.5) is 30.6 Å². The summed E-state index contributed by atoms with van der Waals surface area (Å²) >= 11 is 6.07. The Balaban J connectivity index is 2.09. The van der Waals surface area contributed by atoms with Gasteiger partial charge in [-0.1, -0.05) is 48.0 Å². The summed E-state index contributed by atoms with van der Waals surface area (Å²) < 4.78 is 40.3. The molecule has 0 radical (unpaired) electrons. The Labute approximate surface area is 172 Å². The van der Waals surface area contributed by atoms with Crippen molar-refractivity contribution >= 4 is 29.1 Å². The van der Waals surface area contributed by atoms with Gasteiger partial charge in [0, 0.05) is 17.2 Å². The van der Waals surface area contributed by atoms with Crippen LogP contribution in [0.2, 0.25) is 5.02 Å². The number of nitrogens with zero attached hydrogens (tertiary/aromatic N) is 2. The Morgan fingerprint density at radius 2 is 1.59 bits per heavy atom. The monoisotopic (exact) mass is 420 g/mol. The molecule has 3 rings (SSSR count). The Morgan fingerprint density at radius 1 is 0.897 bits per heavy atom. The van der Waals surface area contributed by atoms with Gasteiger partial charge < -0.3 is 10.6 Å². The maximum atomic E-state index is 13.4. The van der Waals surface area contributed by atoms with E-state index in [4.69, 9.17) is 11.6 Å². The van der Waals surface area contributed by atoms with Crippen LogP contribution in [0.25, 0.3) is 11.3 Å². The second-order valence-electron chi connectivity index (χ2n) is 7.49. The van der Waals surface area contributed by atoms with Crippen molar-refractivity contribution in [3.05, 3.63) is 65.2 Å². The first kappa shape index (κ1) is 20.9. The summed E-state index contributed by atoms with van der Waals surface area (Å²) in [6.07, 6.45) is -4.56. The first-order valence-corrected chi connectivity index (χ1v) is 9.26. The Bertz CT molecular complexity index is 999. The predicted molar refractivity (Wildman–Crippen MR) is 111 cm³/mol. The summed E-state index contributed by atoms with van der Waals surface area (Å²) in [7, 11) is 0. The molecule has 4 nitrogen and oxygen atoms in total. The second-order valence-corrected chi connectivity index (χ2v) is 7.90. The molecule has 0 atom stereocenters. The molecule has 0 aliphatic heterocycles. The largest absolute Gasteiger partial charge is 0.418 e. The number of aromatic nitrogens is 2. The molecule has 8 heteroatoms. The Hall–Kier alpha value is -2.80. The summed E-state index contributed by atoms with van der Waals surface area (Å²) in [5.74, 6) is 0.492. The molecule has 2 aromatic carbocycles. The molecule has 0 unspecified atom stereocenters. The summed E-state index contributed by atoms with van der Waals surface area (Å²) in [6, 6.07) is 14.5. The Kier molecular flexibility index (Phi) is 5.71. The zero-order valence-electron chi connectivity index (χ0n) is 16.1. The minimum absolute atomic E-state index is 0.0509. The van der Waals surface area contributed by atoms with Crippen molar-refractivity contribution in [2.24, 2.45) is 0 Å². The highest BCUT2D eigenvalue weighted by Gasteiger charge is 2.34. The van der Waals surface area contributed by atoms with E-state index in [2.05, 4.69) is 20.6 Å². The third-order valence-electron chi connectivity index (χ3n) is 3.85. The molecule has 1 aromatic heterocycles. The van der Waals surface area contributed by atoms with Gasteiger partial charge in [0.25, 0.3) is 0 Å². The van der Waals surface area contributed by atoms with Crippen molar-refractivity contribution in [3.63, 3.8) is 0 Å². The van der Waals surface area contributed by atoms with Crippen LogP contribution in [0, 0.1) is 0 Å². The van der Waals surface area contributed by atoms with Crippen molar-refractivity contribution in [1.82, 2.24) is 9.97 Å². The number of hydrogen-bond donors (Lipinski definition) is 2. The van der Waals surface area contributed by atoms with E-state index < -0.39 is 11.7 Å². The molecule has 29 heavy (non-hydrogen) atoms. The Morgan fingerprint density at radius 3 is 2.21 bits per heavy atom. The number of rotatable bonds is 4. The minimum Gasteiger partial charge on any atom is -0.350 e. The number of alkyl halides is 3. The fourth-order valence-electron chi connectivity index (χ4n) is 2.67. The van der Waals surface area contributed by atoms with Crippen LogP contribution in [0.15, 0.2) is 54.6 Å². The number of hydrogen-bond acceptors (Lipinski definition) is 4. The quantitative estimate of drug-likeness (QED) is 0.489. The van der Waals surface area contributed by atoms with Gasteiger partial charge in [0.15, 0.2) is 0 Å². The highest BCUT2D eigenvalue weighted by atomic mass is 35.5. The molecule has 0 saturated heterocycles. The van der Waals surface area contributed by atoms with Crippen LogP contribution in [0.5, 0.6) is 0 Å². The molecular formula is C21H20ClF3N4. The minimum atomic E-state index is -4.56. The number of halogens is 4. The highest BCUT2D eigenvalue weighted by Crippen LogP contribution is 2.40. The lowest BCUT2D eigenvalue weighted by molar-refractivity contribution is -0.136. The van der Waals surface area contributed by atoms with E-state index in [1.807, 2.05) is 51.1 Å². The predicted octanol–water partition coefficient (Wildman–Crippen LogP) is 6.77. The lowest BCUT2D eigenvalue weighted by atomic mass is 10.1. The zero-order valence-corrected chi connectivity index (χ0v) is 16.9. The SMILES string of the molecule is CC(C)(C)Nc1nc(Nc2c(Cl)cccc2C(F)(F)F)cc(-c2ccccc2)n1. The molecule has 3 aromatic rings. The molecule has 2 N–H and O–H groups in total. The van der Waals surface area contributed by atoms with Gasteiger partial charge in [0.05, 0.1) is 22.0 Å². The average Bonchev–Trinajstić information content (AvgIpc) is 2.61. The average molecular weight is 421 g/mol. The van der Waals surface area contributed by atoms with Crippen molar-refractivity contribution in [3.8, 4) is 11.3 Å². The van der Waals surface area contributed by atoms with Crippen molar-refractivity contribution in [2.75, 3.05) is 10.6 Å². The third-order valence-corrected chi connectivity index (χ3v) is 4.17. The smallest absolute Gasteiger partial charge is 0.350 e. The fraction of sp³-hybridized carbons (Fsp3) is 0.238. The van der Waals surface area contributed by atoms with Gasteiger partial charge in [0.1, 0.15) is 5.82 Å². The molecule has 0 bridgehead atoms. The van der Waals surface area contributed by atoms with E-state index in [1.54, 1.807) is 6.07 Å². The molecule has 0 amide bonds. The van der Waals surface area contributed by atoms with E-state index >= 15 is 0 Å². The van der Waals surface area contributed by atoms with Gasteiger partial charge in [-0.2, -0.15) is 18.2 Å². The van der Waals surface area contributed by atoms with E-state index in [1.165, 1.54) is 12.1 Å². The lowest BCUT2D eigenvalue weighted by Gasteiger charge is -2.22. The van der Waals surface area contributed by atoms with Gasteiger partial charge in [-0.3, -0.25) is 0 Å². The van der Waals surface area contributed by atoms with E-state index in [0.29, 0.717) is 11.6 Å². The first-order valence-electron chi connectivity index (χ1n) is 8.88. The highest BCUT2D eigenvalue weighted by molar-refractivity contribution is 6.33. The molecule has 1 heterocycles. The standard InChI is InChI=1S/C21H20ClF3N4/c1-20(2,3)29-19-26-16(13-8-5-4-6-9-13)12-17(28-19)27-18-14(21(23,24)25)10-7-11-15(18)22/h4-12H,1-3H3,(H2,26,27,28,29). The van der Waals surface area contributed by atoms with Crippen LogP contribution in [0.1, 0.15) is 26.3 Å². The molecule has 0 aliphatic carbocycles. The second kappa shape index (κ2) is 7.91. The third kappa shape index (κ3) is 5.38. The maximum Gasteiger partial charge on any atom is 0.418 e.